The Balaban J connectivity index is 1.48. The maximum Gasteiger partial charge on any atom is 0.230 e. The van der Waals surface area contributed by atoms with Crippen molar-refractivity contribution in [2.75, 3.05) is 26.5 Å². The Morgan fingerprint density at radius 2 is 1.56 bits per heavy atom. The third-order valence-corrected chi connectivity index (χ3v) is 6.27. The molecule has 1 amide bonds. The smallest absolute Gasteiger partial charge is 0.230 e. The number of hydrogen-bond acceptors (Lipinski definition) is 5. The van der Waals surface area contributed by atoms with E-state index in [1.807, 2.05) is 77.5 Å². The predicted molar refractivity (Wildman–Crippen MR) is 136 cm³/mol. The summed E-state index contributed by atoms with van der Waals surface area (Å²) in [6.45, 7) is 0.605. The molecule has 3 aromatic carbocycles. The number of nitrogens with one attached hydrogen (secondary N) is 1. The van der Waals surface area contributed by atoms with Gasteiger partial charge in [0, 0.05) is 24.0 Å². The van der Waals surface area contributed by atoms with Crippen LogP contribution in [-0.4, -0.2) is 42.0 Å². The Labute approximate surface area is 203 Å². The zero-order valence-electron chi connectivity index (χ0n) is 19.2. The predicted octanol–water partition coefficient (Wildman–Crippen LogP) is 5.01. The zero-order chi connectivity index (χ0) is 23.8. The topological polar surface area (TPSA) is 65.4 Å². The molecule has 0 bridgehead atoms. The van der Waals surface area contributed by atoms with Gasteiger partial charge in [0.05, 0.1) is 25.7 Å². The van der Waals surface area contributed by atoms with Crippen LogP contribution in [0.5, 0.6) is 11.5 Å². The Bertz CT molecular complexity index is 1210. The second kappa shape index (κ2) is 11.4. The van der Waals surface area contributed by atoms with Crippen LogP contribution in [0.4, 0.5) is 0 Å². The van der Waals surface area contributed by atoms with Crippen LogP contribution in [0.1, 0.15) is 5.56 Å². The molecule has 174 valence electrons. The molecule has 0 saturated heterocycles. The number of carbonyl (C=O) groups excluding carboxylic acids is 1. The van der Waals surface area contributed by atoms with E-state index in [1.165, 1.54) is 17.3 Å². The van der Waals surface area contributed by atoms with Gasteiger partial charge in [-0.15, -0.1) is 0 Å². The van der Waals surface area contributed by atoms with Crippen molar-refractivity contribution in [3.05, 3.63) is 90.6 Å². The molecule has 0 radical (unpaired) electrons. The highest BCUT2D eigenvalue weighted by molar-refractivity contribution is 7.99. The van der Waals surface area contributed by atoms with Crippen LogP contribution < -0.4 is 14.8 Å². The fraction of sp³-hybridized carbons (Fsp3) is 0.185. The molecule has 0 fully saturated rings. The molecule has 0 unspecified atom stereocenters. The lowest BCUT2D eigenvalue weighted by Crippen LogP contribution is -2.27. The highest BCUT2D eigenvalue weighted by Crippen LogP contribution is 2.29. The van der Waals surface area contributed by atoms with E-state index in [0.29, 0.717) is 6.54 Å². The molecule has 1 heterocycles. The monoisotopic (exact) mass is 473 g/mol. The molecule has 34 heavy (non-hydrogen) atoms. The molecule has 0 atom stereocenters. The van der Waals surface area contributed by atoms with Crippen molar-refractivity contribution >= 4 is 17.7 Å². The second-order valence-corrected chi connectivity index (χ2v) is 8.52. The van der Waals surface area contributed by atoms with Gasteiger partial charge in [0.25, 0.3) is 0 Å². The van der Waals surface area contributed by atoms with Crippen molar-refractivity contribution in [1.29, 1.82) is 0 Å². The van der Waals surface area contributed by atoms with Crippen LogP contribution in [0.3, 0.4) is 0 Å². The van der Waals surface area contributed by atoms with Crippen molar-refractivity contribution in [2.45, 2.75) is 11.6 Å². The minimum atomic E-state index is -0.0174. The van der Waals surface area contributed by atoms with Crippen molar-refractivity contribution in [1.82, 2.24) is 14.9 Å². The Hall–Kier alpha value is -3.71. The van der Waals surface area contributed by atoms with Gasteiger partial charge in [-0.3, -0.25) is 9.36 Å². The first kappa shape index (κ1) is 23.4. The third kappa shape index (κ3) is 5.99. The molecule has 6 nitrogen and oxygen atoms in total. The summed E-state index contributed by atoms with van der Waals surface area (Å²) in [5.41, 5.74) is 3.95. The lowest BCUT2D eigenvalue weighted by molar-refractivity contribution is -0.118. The number of carbonyl (C=O) groups is 1. The van der Waals surface area contributed by atoms with Gasteiger partial charge >= 0.3 is 0 Å². The van der Waals surface area contributed by atoms with Crippen molar-refractivity contribution in [3.63, 3.8) is 0 Å². The average Bonchev–Trinajstić information content (AvgIpc) is 3.32. The summed E-state index contributed by atoms with van der Waals surface area (Å²) in [5.74, 6) is 1.84. The highest BCUT2D eigenvalue weighted by atomic mass is 32.2. The maximum absolute atomic E-state index is 12.5. The molecule has 0 spiro atoms. The van der Waals surface area contributed by atoms with Crippen LogP contribution in [0.15, 0.2) is 90.2 Å². The summed E-state index contributed by atoms with van der Waals surface area (Å²) in [6, 6.07) is 25.7. The van der Waals surface area contributed by atoms with Gasteiger partial charge in [0.2, 0.25) is 5.91 Å². The Morgan fingerprint density at radius 3 is 2.21 bits per heavy atom. The number of amides is 1. The number of thioether (sulfide) groups is 1. The molecular formula is C27H27N3O3S. The molecule has 0 saturated carbocycles. The van der Waals surface area contributed by atoms with E-state index < -0.39 is 0 Å². The van der Waals surface area contributed by atoms with Gasteiger partial charge < -0.3 is 14.8 Å². The second-order valence-electron chi connectivity index (χ2n) is 7.58. The van der Waals surface area contributed by atoms with Gasteiger partial charge in [0.1, 0.15) is 11.5 Å². The number of nitrogens with zero attached hydrogens (tertiary/aromatic N) is 2. The van der Waals surface area contributed by atoms with Crippen LogP contribution in [0.2, 0.25) is 0 Å². The molecule has 4 aromatic rings. The molecule has 1 aromatic heterocycles. The standard InChI is InChI=1S/C27H27N3O3S/c1-32-23-12-8-21(9-13-23)25-18-30(22-10-14-24(33-2)15-11-22)27(29-25)34-19-26(31)28-17-16-20-6-4-3-5-7-20/h3-15,18H,16-17,19H2,1-2H3,(H,28,31). The van der Waals surface area contributed by atoms with Crippen LogP contribution >= 0.6 is 11.8 Å². The van der Waals surface area contributed by atoms with Gasteiger partial charge in [-0.2, -0.15) is 0 Å². The highest BCUT2D eigenvalue weighted by Gasteiger charge is 2.14. The van der Waals surface area contributed by atoms with Gasteiger partial charge in [-0.25, -0.2) is 4.98 Å². The number of rotatable bonds is 10. The summed E-state index contributed by atoms with van der Waals surface area (Å²) >= 11 is 1.41. The minimum absolute atomic E-state index is 0.0174. The van der Waals surface area contributed by atoms with E-state index in [1.54, 1.807) is 14.2 Å². The normalized spacial score (nSPS) is 10.6. The summed E-state index contributed by atoms with van der Waals surface area (Å²) in [6.07, 6.45) is 2.79. The summed E-state index contributed by atoms with van der Waals surface area (Å²) in [7, 11) is 3.29. The third-order valence-electron chi connectivity index (χ3n) is 5.32. The number of methoxy groups -OCH3 is 2. The maximum atomic E-state index is 12.5. The Kier molecular flexibility index (Phi) is 7.88. The lowest BCUT2D eigenvalue weighted by Gasteiger charge is -2.09. The van der Waals surface area contributed by atoms with Crippen molar-refractivity contribution in [3.8, 4) is 28.4 Å². The summed E-state index contributed by atoms with van der Waals surface area (Å²) in [4.78, 5) is 17.3. The number of ether oxygens (including phenoxy) is 2. The molecular weight excluding hydrogens is 446 g/mol. The van der Waals surface area contributed by atoms with E-state index in [9.17, 15) is 4.79 Å². The zero-order valence-corrected chi connectivity index (χ0v) is 20.0. The number of hydrogen-bond donors (Lipinski definition) is 1. The molecule has 0 aliphatic rings. The van der Waals surface area contributed by atoms with Gasteiger partial charge in [-0.1, -0.05) is 42.1 Å². The molecule has 0 aliphatic carbocycles. The summed E-state index contributed by atoms with van der Waals surface area (Å²) in [5, 5.41) is 3.74. The minimum Gasteiger partial charge on any atom is -0.497 e. The van der Waals surface area contributed by atoms with E-state index >= 15 is 0 Å². The van der Waals surface area contributed by atoms with E-state index in [0.717, 1.165) is 40.0 Å². The molecule has 4 rings (SSSR count). The quantitative estimate of drug-likeness (QED) is 0.328. The summed E-state index contributed by atoms with van der Waals surface area (Å²) < 4.78 is 12.6. The fourth-order valence-electron chi connectivity index (χ4n) is 3.47. The number of benzene rings is 3. The fourth-order valence-corrected chi connectivity index (χ4v) is 4.29. The van der Waals surface area contributed by atoms with Crippen LogP contribution in [0, 0.1) is 0 Å². The number of imidazole rings is 1. The van der Waals surface area contributed by atoms with E-state index in [4.69, 9.17) is 14.5 Å². The van der Waals surface area contributed by atoms with Gasteiger partial charge in [0.15, 0.2) is 5.16 Å². The van der Waals surface area contributed by atoms with Crippen molar-refractivity contribution in [2.24, 2.45) is 0 Å². The largest absolute Gasteiger partial charge is 0.497 e. The molecule has 1 N–H and O–H groups in total. The van der Waals surface area contributed by atoms with Crippen LogP contribution in [0.25, 0.3) is 16.9 Å². The van der Waals surface area contributed by atoms with Gasteiger partial charge in [-0.05, 0) is 60.5 Å². The molecule has 0 aliphatic heterocycles. The lowest BCUT2D eigenvalue weighted by atomic mass is 10.1. The van der Waals surface area contributed by atoms with E-state index in [-0.39, 0.29) is 11.7 Å². The first-order valence-corrected chi connectivity index (χ1v) is 12.0. The SMILES string of the molecule is COc1ccc(-c2cn(-c3ccc(OC)cc3)c(SCC(=O)NCCc3ccccc3)n2)cc1. The average molecular weight is 474 g/mol. The van der Waals surface area contributed by atoms with Crippen LogP contribution in [-0.2, 0) is 11.2 Å². The first-order chi connectivity index (χ1) is 16.7. The molecule has 7 heteroatoms. The number of aromatic nitrogens is 2. The van der Waals surface area contributed by atoms with Crippen molar-refractivity contribution < 1.29 is 14.3 Å². The van der Waals surface area contributed by atoms with E-state index in [2.05, 4.69) is 17.4 Å². The first-order valence-electron chi connectivity index (χ1n) is 11.0. The Morgan fingerprint density at radius 1 is 0.912 bits per heavy atom.